The molecule has 1 aromatic carbocycles. The van der Waals surface area contributed by atoms with Crippen molar-refractivity contribution in [1.82, 2.24) is 0 Å². The average molecular weight is 185 g/mol. The number of benzene rings is 1. The zero-order valence-electron chi connectivity index (χ0n) is 8.75. The molecule has 72 valence electrons. The van der Waals surface area contributed by atoms with Gasteiger partial charge in [-0.2, -0.15) is 5.26 Å². The second kappa shape index (κ2) is 3.46. The molecule has 1 aliphatic carbocycles. The lowest BCUT2D eigenvalue weighted by atomic mass is 9.95. The van der Waals surface area contributed by atoms with Crippen LogP contribution >= 0.6 is 0 Å². The van der Waals surface area contributed by atoms with Crippen LogP contribution in [0.25, 0.3) is 0 Å². The van der Waals surface area contributed by atoms with Crippen LogP contribution < -0.4 is 0 Å². The second-order valence-electron chi connectivity index (χ2n) is 4.33. The van der Waals surface area contributed by atoms with Crippen molar-refractivity contribution in [3.05, 3.63) is 34.9 Å². The Balaban J connectivity index is 2.44. The molecule has 0 aromatic heterocycles. The van der Waals surface area contributed by atoms with E-state index >= 15 is 0 Å². The third-order valence-corrected chi connectivity index (χ3v) is 3.07. The third-order valence-electron chi connectivity index (χ3n) is 3.07. The molecular formula is C13H15N. The van der Waals surface area contributed by atoms with Gasteiger partial charge in [0.2, 0.25) is 0 Å². The maximum absolute atomic E-state index is 8.99. The van der Waals surface area contributed by atoms with Gasteiger partial charge in [0, 0.05) is 0 Å². The summed E-state index contributed by atoms with van der Waals surface area (Å²) >= 11 is 0. The van der Waals surface area contributed by atoms with Crippen molar-refractivity contribution < 1.29 is 0 Å². The van der Waals surface area contributed by atoms with Gasteiger partial charge >= 0.3 is 0 Å². The maximum atomic E-state index is 8.99. The molecule has 0 spiro atoms. The van der Waals surface area contributed by atoms with Gasteiger partial charge in [0.25, 0.3) is 0 Å². The highest BCUT2D eigenvalue weighted by molar-refractivity contribution is 5.42. The normalized spacial score (nSPS) is 19.4. The van der Waals surface area contributed by atoms with Gasteiger partial charge in [-0.25, -0.2) is 0 Å². The van der Waals surface area contributed by atoms with Crippen molar-refractivity contribution >= 4 is 0 Å². The second-order valence-corrected chi connectivity index (χ2v) is 4.33. The smallest absolute Gasteiger partial charge is 0.0718 e. The first-order chi connectivity index (χ1) is 6.72. The van der Waals surface area contributed by atoms with E-state index in [4.69, 9.17) is 5.26 Å². The van der Waals surface area contributed by atoms with Crippen molar-refractivity contribution in [2.75, 3.05) is 0 Å². The number of nitrogens with zero attached hydrogens (tertiary/aromatic N) is 1. The van der Waals surface area contributed by atoms with Crippen LogP contribution in [0.4, 0.5) is 0 Å². The molecule has 0 bridgehead atoms. The summed E-state index contributed by atoms with van der Waals surface area (Å²) < 4.78 is 0. The average Bonchev–Trinajstić information content (AvgIpc) is 2.59. The fraction of sp³-hybridized carbons (Fsp3) is 0.462. The van der Waals surface area contributed by atoms with E-state index in [0.717, 1.165) is 12.8 Å². The van der Waals surface area contributed by atoms with Gasteiger partial charge < -0.3 is 0 Å². The Morgan fingerprint density at radius 3 is 2.86 bits per heavy atom. The predicted molar refractivity (Wildman–Crippen MR) is 57.2 cm³/mol. The van der Waals surface area contributed by atoms with Gasteiger partial charge in [0.1, 0.15) is 0 Å². The molecule has 1 unspecified atom stereocenters. The van der Waals surface area contributed by atoms with Crippen molar-refractivity contribution in [3.63, 3.8) is 0 Å². The largest absolute Gasteiger partial charge is 0.198 e. The van der Waals surface area contributed by atoms with Gasteiger partial charge in [-0.15, -0.1) is 0 Å². The first-order valence-electron chi connectivity index (χ1n) is 5.24. The number of aryl methyl sites for hydroxylation is 1. The summed E-state index contributed by atoms with van der Waals surface area (Å²) in [7, 11) is 0. The molecule has 1 heteroatoms. The van der Waals surface area contributed by atoms with Crippen LogP contribution in [0, 0.1) is 11.3 Å². The van der Waals surface area contributed by atoms with E-state index in [2.05, 4.69) is 38.1 Å². The van der Waals surface area contributed by atoms with Crippen LogP contribution in [0.1, 0.15) is 48.8 Å². The lowest BCUT2D eigenvalue weighted by Gasteiger charge is -2.09. The first kappa shape index (κ1) is 9.27. The molecule has 0 saturated carbocycles. The fourth-order valence-electron chi connectivity index (χ4n) is 2.11. The van der Waals surface area contributed by atoms with Crippen LogP contribution in [0.15, 0.2) is 18.2 Å². The van der Waals surface area contributed by atoms with Crippen molar-refractivity contribution in [2.24, 2.45) is 0 Å². The van der Waals surface area contributed by atoms with Crippen molar-refractivity contribution in [3.8, 4) is 6.07 Å². The number of nitriles is 1. The third kappa shape index (κ3) is 1.42. The predicted octanol–water partition coefficient (Wildman–Crippen LogP) is 3.36. The van der Waals surface area contributed by atoms with E-state index < -0.39 is 0 Å². The van der Waals surface area contributed by atoms with Crippen molar-refractivity contribution in [1.29, 1.82) is 5.26 Å². The number of rotatable bonds is 1. The fourth-order valence-corrected chi connectivity index (χ4v) is 2.11. The molecule has 0 heterocycles. The van der Waals surface area contributed by atoms with Crippen molar-refractivity contribution in [2.45, 2.75) is 38.5 Å². The quantitative estimate of drug-likeness (QED) is 0.658. The van der Waals surface area contributed by atoms with Crippen LogP contribution in [0.3, 0.4) is 0 Å². The molecule has 1 aromatic rings. The van der Waals surface area contributed by atoms with Gasteiger partial charge in [0.15, 0.2) is 0 Å². The highest BCUT2D eigenvalue weighted by atomic mass is 14.3. The summed E-state index contributed by atoms with van der Waals surface area (Å²) in [6.07, 6.45) is 2.08. The molecule has 0 radical (unpaired) electrons. The summed E-state index contributed by atoms with van der Waals surface area (Å²) in [6, 6.07) is 9.00. The number of fused-ring (bicyclic) bond motifs is 1. The monoisotopic (exact) mass is 185 g/mol. The van der Waals surface area contributed by atoms with E-state index in [9.17, 15) is 0 Å². The molecular weight excluding hydrogens is 170 g/mol. The summed E-state index contributed by atoms with van der Waals surface area (Å²) in [6.45, 7) is 4.39. The van der Waals surface area contributed by atoms with E-state index in [-0.39, 0.29) is 5.92 Å². The number of hydrogen-bond acceptors (Lipinski definition) is 1. The van der Waals surface area contributed by atoms with Crippen LogP contribution in [0.2, 0.25) is 0 Å². The Kier molecular flexibility index (Phi) is 2.29. The minimum absolute atomic E-state index is 0.142. The van der Waals surface area contributed by atoms with Gasteiger partial charge in [-0.3, -0.25) is 0 Å². The van der Waals surface area contributed by atoms with E-state index in [0.29, 0.717) is 5.92 Å². The van der Waals surface area contributed by atoms with E-state index in [1.807, 2.05) is 0 Å². The Hall–Kier alpha value is -1.29. The Labute approximate surface area is 85.4 Å². The Bertz CT molecular complexity index is 385. The van der Waals surface area contributed by atoms with Gasteiger partial charge in [-0.05, 0) is 35.4 Å². The molecule has 0 amide bonds. The molecule has 0 aliphatic heterocycles. The Morgan fingerprint density at radius 2 is 2.21 bits per heavy atom. The molecule has 1 atom stereocenters. The molecule has 0 saturated heterocycles. The summed E-state index contributed by atoms with van der Waals surface area (Å²) in [4.78, 5) is 0. The summed E-state index contributed by atoms with van der Waals surface area (Å²) in [5, 5.41) is 8.99. The molecule has 0 N–H and O–H groups in total. The molecule has 14 heavy (non-hydrogen) atoms. The zero-order chi connectivity index (χ0) is 10.1. The zero-order valence-corrected chi connectivity index (χ0v) is 8.75. The van der Waals surface area contributed by atoms with E-state index in [1.54, 1.807) is 0 Å². The van der Waals surface area contributed by atoms with Gasteiger partial charge in [-0.1, -0.05) is 32.0 Å². The molecule has 1 nitrogen and oxygen atoms in total. The van der Waals surface area contributed by atoms with E-state index in [1.165, 1.54) is 16.7 Å². The first-order valence-corrected chi connectivity index (χ1v) is 5.24. The Morgan fingerprint density at radius 1 is 1.43 bits per heavy atom. The summed E-state index contributed by atoms with van der Waals surface area (Å²) in [5.41, 5.74) is 4.01. The minimum atomic E-state index is 0.142. The lowest BCUT2D eigenvalue weighted by Crippen LogP contribution is -1.93. The minimum Gasteiger partial charge on any atom is -0.198 e. The lowest BCUT2D eigenvalue weighted by molar-refractivity contribution is 0.821. The van der Waals surface area contributed by atoms with Crippen LogP contribution in [-0.4, -0.2) is 0 Å². The highest BCUT2D eigenvalue weighted by Gasteiger charge is 2.22. The summed E-state index contributed by atoms with van der Waals surface area (Å²) in [5.74, 6) is 0.698. The topological polar surface area (TPSA) is 23.8 Å². The van der Waals surface area contributed by atoms with Crippen LogP contribution in [0.5, 0.6) is 0 Å². The highest BCUT2D eigenvalue weighted by Crippen LogP contribution is 2.34. The molecule has 0 fully saturated rings. The maximum Gasteiger partial charge on any atom is 0.0718 e. The standard InChI is InChI=1S/C13H15N/c1-9(2)11-5-3-10-4-6-12(8-14)13(10)7-11/h3,5,7,9,12H,4,6H2,1-2H3. The SMILES string of the molecule is CC(C)c1ccc2c(c1)C(C#N)CC2. The molecule has 2 rings (SSSR count). The van der Waals surface area contributed by atoms with Crippen LogP contribution in [-0.2, 0) is 6.42 Å². The number of hydrogen-bond donors (Lipinski definition) is 0. The molecule has 1 aliphatic rings. The van der Waals surface area contributed by atoms with Gasteiger partial charge in [0.05, 0.1) is 12.0 Å².